The van der Waals surface area contributed by atoms with Crippen LogP contribution in [0.15, 0.2) is 40.9 Å². The van der Waals surface area contributed by atoms with Gasteiger partial charge in [-0.2, -0.15) is 0 Å². The van der Waals surface area contributed by atoms with Crippen molar-refractivity contribution in [3.05, 3.63) is 59.4 Å². The molecule has 2 heterocycles. The molecule has 3 rings (SSSR count). The Labute approximate surface area is 168 Å². The molecular formula is C21H23FN4O3. The van der Waals surface area contributed by atoms with E-state index in [1.165, 1.54) is 12.1 Å². The maximum absolute atomic E-state index is 14.5. The Balaban J connectivity index is 1.82. The third-order valence-electron chi connectivity index (χ3n) is 4.47. The first-order valence-electron chi connectivity index (χ1n) is 9.36. The SMILES string of the molecule is CCN(C(=O)c1cccc(F)c1-c1nnc(C)o1)[C@@H](C)COc1ccc(C)cn1. The number of aromatic nitrogens is 3. The van der Waals surface area contributed by atoms with E-state index in [4.69, 9.17) is 9.15 Å². The highest BCUT2D eigenvalue weighted by Gasteiger charge is 2.27. The van der Waals surface area contributed by atoms with Crippen molar-refractivity contribution in [3.63, 3.8) is 0 Å². The fraction of sp³-hybridized carbons (Fsp3) is 0.333. The number of hydrogen-bond donors (Lipinski definition) is 0. The molecule has 1 atom stereocenters. The van der Waals surface area contributed by atoms with E-state index in [0.29, 0.717) is 18.3 Å². The molecule has 7 nitrogen and oxygen atoms in total. The molecule has 3 aromatic rings. The van der Waals surface area contributed by atoms with E-state index in [2.05, 4.69) is 15.2 Å². The van der Waals surface area contributed by atoms with Crippen LogP contribution >= 0.6 is 0 Å². The van der Waals surface area contributed by atoms with E-state index in [-0.39, 0.29) is 35.6 Å². The lowest BCUT2D eigenvalue weighted by Gasteiger charge is -2.28. The van der Waals surface area contributed by atoms with Crippen molar-refractivity contribution in [1.82, 2.24) is 20.1 Å². The molecule has 29 heavy (non-hydrogen) atoms. The number of carbonyl (C=O) groups excluding carboxylic acids is 1. The summed E-state index contributed by atoms with van der Waals surface area (Å²) in [7, 11) is 0. The minimum Gasteiger partial charge on any atom is -0.475 e. The van der Waals surface area contributed by atoms with E-state index in [1.54, 1.807) is 30.2 Å². The van der Waals surface area contributed by atoms with Crippen molar-refractivity contribution >= 4 is 5.91 Å². The van der Waals surface area contributed by atoms with Gasteiger partial charge in [0.2, 0.25) is 11.8 Å². The maximum atomic E-state index is 14.5. The predicted molar refractivity (Wildman–Crippen MR) is 105 cm³/mol. The van der Waals surface area contributed by atoms with Gasteiger partial charge >= 0.3 is 0 Å². The molecule has 152 valence electrons. The summed E-state index contributed by atoms with van der Waals surface area (Å²) in [6.45, 7) is 7.94. The zero-order valence-electron chi connectivity index (χ0n) is 16.8. The topological polar surface area (TPSA) is 81.4 Å². The summed E-state index contributed by atoms with van der Waals surface area (Å²) in [4.78, 5) is 19.0. The van der Waals surface area contributed by atoms with Gasteiger partial charge in [-0.1, -0.05) is 12.1 Å². The van der Waals surface area contributed by atoms with Gasteiger partial charge in [-0.25, -0.2) is 9.37 Å². The number of hydrogen-bond acceptors (Lipinski definition) is 6. The lowest BCUT2D eigenvalue weighted by atomic mass is 10.0. The molecule has 0 N–H and O–H groups in total. The fourth-order valence-electron chi connectivity index (χ4n) is 2.96. The molecule has 0 aliphatic heterocycles. The van der Waals surface area contributed by atoms with Crippen molar-refractivity contribution in [3.8, 4) is 17.3 Å². The van der Waals surface area contributed by atoms with Crippen LogP contribution in [0.2, 0.25) is 0 Å². The van der Waals surface area contributed by atoms with Crippen LogP contribution in [0, 0.1) is 19.7 Å². The third kappa shape index (κ3) is 4.59. The second kappa shape index (κ2) is 8.81. The first kappa shape index (κ1) is 20.4. The second-order valence-electron chi connectivity index (χ2n) is 6.71. The highest BCUT2D eigenvalue weighted by Crippen LogP contribution is 2.27. The minimum atomic E-state index is -0.594. The zero-order chi connectivity index (χ0) is 21.0. The molecule has 2 aromatic heterocycles. The molecule has 0 unspecified atom stereocenters. The lowest BCUT2D eigenvalue weighted by Crippen LogP contribution is -2.42. The van der Waals surface area contributed by atoms with Crippen molar-refractivity contribution < 1.29 is 18.3 Å². The van der Waals surface area contributed by atoms with Crippen LogP contribution in [-0.4, -0.2) is 45.2 Å². The Hall–Kier alpha value is -3.29. The Morgan fingerprint density at radius 3 is 2.66 bits per heavy atom. The standard InChI is InChI=1S/C21H23FN4O3/c1-5-26(14(3)12-28-18-10-9-13(2)11-23-18)21(27)16-7-6-8-17(22)19(16)20-25-24-15(4)29-20/h6-11,14H,5,12H2,1-4H3/t14-/m0/s1. The Morgan fingerprint density at radius 1 is 1.24 bits per heavy atom. The second-order valence-corrected chi connectivity index (χ2v) is 6.71. The van der Waals surface area contributed by atoms with E-state index >= 15 is 0 Å². The smallest absolute Gasteiger partial charge is 0.255 e. The van der Waals surface area contributed by atoms with Crippen LogP contribution in [0.4, 0.5) is 4.39 Å². The van der Waals surface area contributed by atoms with E-state index in [1.807, 2.05) is 26.8 Å². The van der Waals surface area contributed by atoms with Gasteiger partial charge in [0.15, 0.2) is 0 Å². The van der Waals surface area contributed by atoms with Crippen LogP contribution in [-0.2, 0) is 0 Å². The molecule has 0 fully saturated rings. The van der Waals surface area contributed by atoms with Crippen LogP contribution in [0.25, 0.3) is 11.5 Å². The highest BCUT2D eigenvalue weighted by molar-refractivity contribution is 6.00. The maximum Gasteiger partial charge on any atom is 0.255 e. The summed E-state index contributed by atoms with van der Waals surface area (Å²) in [5.41, 5.74) is 1.20. The molecule has 0 aliphatic carbocycles. The monoisotopic (exact) mass is 398 g/mol. The number of pyridine rings is 1. The third-order valence-corrected chi connectivity index (χ3v) is 4.47. The summed E-state index contributed by atoms with van der Waals surface area (Å²) < 4.78 is 25.6. The van der Waals surface area contributed by atoms with E-state index in [9.17, 15) is 9.18 Å². The molecule has 0 radical (unpaired) electrons. The van der Waals surface area contributed by atoms with Crippen LogP contribution in [0.1, 0.15) is 35.7 Å². The minimum absolute atomic E-state index is 0.00451. The first-order chi connectivity index (χ1) is 13.9. The number of amides is 1. The number of benzene rings is 1. The molecule has 0 saturated carbocycles. The van der Waals surface area contributed by atoms with Crippen molar-refractivity contribution in [2.24, 2.45) is 0 Å². The van der Waals surface area contributed by atoms with Gasteiger partial charge in [0.25, 0.3) is 11.8 Å². The van der Waals surface area contributed by atoms with Crippen LogP contribution in [0.3, 0.4) is 0 Å². The van der Waals surface area contributed by atoms with Crippen molar-refractivity contribution in [2.45, 2.75) is 33.7 Å². The van der Waals surface area contributed by atoms with Crippen molar-refractivity contribution in [2.75, 3.05) is 13.2 Å². The van der Waals surface area contributed by atoms with Gasteiger partial charge in [0.1, 0.15) is 12.4 Å². The van der Waals surface area contributed by atoms with E-state index in [0.717, 1.165) is 5.56 Å². The predicted octanol–water partition coefficient (Wildman–Crippen LogP) is 3.82. The van der Waals surface area contributed by atoms with E-state index < -0.39 is 5.82 Å². The Bertz CT molecular complexity index is 988. The number of ether oxygens (including phenoxy) is 1. The number of carbonyl (C=O) groups is 1. The summed E-state index contributed by atoms with van der Waals surface area (Å²) in [6, 6.07) is 7.72. The molecule has 0 aliphatic rings. The normalized spacial score (nSPS) is 11.9. The average Bonchev–Trinajstić information content (AvgIpc) is 3.13. The lowest BCUT2D eigenvalue weighted by molar-refractivity contribution is 0.0646. The largest absolute Gasteiger partial charge is 0.475 e. The summed E-state index contributed by atoms with van der Waals surface area (Å²) >= 11 is 0. The molecule has 1 amide bonds. The average molecular weight is 398 g/mol. The van der Waals surface area contributed by atoms with Gasteiger partial charge in [-0.15, -0.1) is 10.2 Å². The Morgan fingerprint density at radius 2 is 2.03 bits per heavy atom. The summed E-state index contributed by atoms with van der Waals surface area (Å²) in [5, 5.41) is 7.61. The highest BCUT2D eigenvalue weighted by atomic mass is 19.1. The van der Waals surface area contributed by atoms with Crippen LogP contribution in [0.5, 0.6) is 5.88 Å². The summed E-state index contributed by atoms with van der Waals surface area (Å²) in [6.07, 6.45) is 1.72. The zero-order valence-corrected chi connectivity index (χ0v) is 16.8. The number of nitrogens with zero attached hydrogens (tertiary/aromatic N) is 4. The summed E-state index contributed by atoms with van der Waals surface area (Å²) in [5.74, 6) is -0.179. The fourth-order valence-corrected chi connectivity index (χ4v) is 2.96. The van der Waals surface area contributed by atoms with Gasteiger partial charge in [0, 0.05) is 25.7 Å². The molecule has 8 heteroatoms. The molecule has 1 aromatic carbocycles. The number of aryl methyl sites for hydroxylation is 2. The first-order valence-corrected chi connectivity index (χ1v) is 9.36. The molecule has 0 bridgehead atoms. The quantitative estimate of drug-likeness (QED) is 0.602. The van der Waals surface area contributed by atoms with Gasteiger partial charge in [0.05, 0.1) is 17.2 Å². The Kier molecular flexibility index (Phi) is 6.21. The number of halogens is 1. The van der Waals surface area contributed by atoms with Gasteiger partial charge in [-0.3, -0.25) is 4.79 Å². The number of rotatable bonds is 7. The molecule has 0 saturated heterocycles. The van der Waals surface area contributed by atoms with Crippen molar-refractivity contribution in [1.29, 1.82) is 0 Å². The number of likely N-dealkylation sites (N-methyl/N-ethyl adjacent to an activating group) is 1. The molecule has 0 spiro atoms. The molecular weight excluding hydrogens is 375 g/mol. The van der Waals surface area contributed by atoms with Gasteiger partial charge < -0.3 is 14.1 Å². The van der Waals surface area contributed by atoms with Gasteiger partial charge in [-0.05, 0) is 38.5 Å². The van der Waals surface area contributed by atoms with Crippen LogP contribution < -0.4 is 4.74 Å².